The van der Waals surface area contributed by atoms with Gasteiger partial charge in [0, 0.05) is 17.3 Å². The highest BCUT2D eigenvalue weighted by atomic mass is 35.5. The van der Waals surface area contributed by atoms with Gasteiger partial charge in [-0.05, 0) is 73.4 Å². The van der Waals surface area contributed by atoms with Crippen LogP contribution in [-0.2, 0) is 23.0 Å². The van der Waals surface area contributed by atoms with Gasteiger partial charge in [0.2, 0.25) is 0 Å². The Kier molecular flexibility index (Phi) is 7.23. The van der Waals surface area contributed by atoms with Crippen LogP contribution in [-0.4, -0.2) is 30.2 Å². The van der Waals surface area contributed by atoms with Crippen LogP contribution in [0.25, 0.3) is 28.2 Å². The third kappa shape index (κ3) is 5.08. The zero-order chi connectivity index (χ0) is 25.5. The standard InChI is InChI=1S/C27H26Cl2N2O3S/c1-16-12-17(18-8-9-19(15-32)23(13-18)35(4)34)10-11-22(16)31-14-24(27(2,3)33)30-26(31)25-20(28)6-5-7-21(25)29/h5-14,32-33H,15H2,1-4H3. The van der Waals surface area contributed by atoms with E-state index in [9.17, 15) is 14.4 Å². The van der Waals surface area contributed by atoms with E-state index in [1.807, 2.05) is 41.8 Å². The molecule has 35 heavy (non-hydrogen) atoms. The van der Waals surface area contributed by atoms with Crippen LogP contribution in [0.2, 0.25) is 10.0 Å². The first-order valence-corrected chi connectivity index (χ1v) is 13.3. The number of nitrogens with zero attached hydrogens (tertiary/aromatic N) is 2. The van der Waals surface area contributed by atoms with E-state index >= 15 is 0 Å². The molecule has 0 saturated heterocycles. The Hall–Kier alpha value is -2.48. The molecule has 1 heterocycles. The molecule has 2 N–H and O–H groups in total. The molecule has 0 spiro atoms. The van der Waals surface area contributed by atoms with E-state index in [2.05, 4.69) is 0 Å². The number of aliphatic hydroxyl groups excluding tert-OH is 1. The second-order valence-corrected chi connectivity index (χ2v) is 11.1. The lowest BCUT2D eigenvalue weighted by Crippen LogP contribution is -2.15. The summed E-state index contributed by atoms with van der Waals surface area (Å²) in [5, 5.41) is 21.1. The van der Waals surface area contributed by atoms with E-state index in [4.69, 9.17) is 28.2 Å². The Labute approximate surface area is 217 Å². The summed E-state index contributed by atoms with van der Waals surface area (Å²) in [6, 6.07) is 16.8. The van der Waals surface area contributed by atoms with E-state index in [0.717, 1.165) is 22.4 Å². The average Bonchev–Trinajstić information content (AvgIpc) is 3.23. The monoisotopic (exact) mass is 528 g/mol. The van der Waals surface area contributed by atoms with Gasteiger partial charge in [-0.25, -0.2) is 4.98 Å². The Bertz CT molecular complexity index is 1420. The molecular weight excluding hydrogens is 503 g/mol. The second kappa shape index (κ2) is 9.88. The van der Waals surface area contributed by atoms with E-state index in [0.29, 0.717) is 37.6 Å². The van der Waals surface area contributed by atoms with Crippen molar-refractivity contribution in [1.82, 2.24) is 9.55 Å². The zero-order valence-corrected chi connectivity index (χ0v) is 22.2. The van der Waals surface area contributed by atoms with Crippen molar-refractivity contribution in [3.8, 4) is 28.2 Å². The Balaban J connectivity index is 1.87. The van der Waals surface area contributed by atoms with Gasteiger partial charge in [-0.2, -0.15) is 0 Å². The molecule has 0 aliphatic rings. The summed E-state index contributed by atoms with van der Waals surface area (Å²) < 4.78 is 14.1. The lowest BCUT2D eigenvalue weighted by molar-refractivity contribution is 0.0743. The summed E-state index contributed by atoms with van der Waals surface area (Å²) in [5.41, 5.74) is 4.23. The average molecular weight is 529 g/mol. The largest absolute Gasteiger partial charge is 0.392 e. The van der Waals surface area contributed by atoms with Crippen molar-refractivity contribution in [3.05, 3.63) is 87.7 Å². The third-order valence-corrected chi connectivity index (χ3v) is 7.49. The summed E-state index contributed by atoms with van der Waals surface area (Å²) in [4.78, 5) is 5.33. The van der Waals surface area contributed by atoms with Gasteiger partial charge in [0.1, 0.15) is 11.4 Å². The van der Waals surface area contributed by atoms with Crippen LogP contribution in [0.15, 0.2) is 65.7 Å². The molecule has 0 amide bonds. The molecule has 1 atom stereocenters. The first-order chi connectivity index (χ1) is 16.5. The highest BCUT2D eigenvalue weighted by molar-refractivity contribution is 7.84. The fourth-order valence-corrected chi connectivity index (χ4v) is 5.35. The molecule has 182 valence electrons. The van der Waals surface area contributed by atoms with E-state index in [1.54, 1.807) is 50.6 Å². The van der Waals surface area contributed by atoms with Gasteiger partial charge in [-0.1, -0.05) is 47.5 Å². The number of aromatic nitrogens is 2. The van der Waals surface area contributed by atoms with Gasteiger partial charge in [0.25, 0.3) is 0 Å². The van der Waals surface area contributed by atoms with Crippen LogP contribution in [0.4, 0.5) is 0 Å². The van der Waals surface area contributed by atoms with E-state index in [1.165, 1.54) is 0 Å². The van der Waals surface area contributed by atoms with Crippen LogP contribution in [0, 0.1) is 6.92 Å². The smallest absolute Gasteiger partial charge is 0.147 e. The molecule has 5 nitrogen and oxygen atoms in total. The highest BCUT2D eigenvalue weighted by Crippen LogP contribution is 2.38. The number of imidazole rings is 1. The van der Waals surface area contributed by atoms with Crippen LogP contribution in [0.3, 0.4) is 0 Å². The molecule has 0 aliphatic heterocycles. The number of halogens is 2. The van der Waals surface area contributed by atoms with Crippen molar-refractivity contribution in [2.45, 2.75) is 37.9 Å². The molecule has 0 radical (unpaired) electrons. The summed E-state index contributed by atoms with van der Waals surface area (Å²) in [5.74, 6) is 0.532. The lowest BCUT2D eigenvalue weighted by Gasteiger charge is -2.15. The number of rotatable bonds is 6. The predicted octanol–water partition coefficient (Wildman–Crippen LogP) is 6.28. The fourth-order valence-electron chi connectivity index (χ4n) is 3.98. The molecule has 4 rings (SSSR count). The molecular formula is C27H26Cl2N2O3S. The van der Waals surface area contributed by atoms with Crippen LogP contribution < -0.4 is 0 Å². The number of aliphatic hydroxyl groups is 2. The topological polar surface area (TPSA) is 75.3 Å². The summed E-state index contributed by atoms with van der Waals surface area (Å²) in [6.07, 6.45) is 3.40. The van der Waals surface area contributed by atoms with E-state index in [-0.39, 0.29) is 6.61 Å². The van der Waals surface area contributed by atoms with Crippen molar-refractivity contribution >= 4 is 34.0 Å². The molecule has 0 bridgehead atoms. The van der Waals surface area contributed by atoms with Crippen molar-refractivity contribution in [1.29, 1.82) is 0 Å². The lowest BCUT2D eigenvalue weighted by atomic mass is 10.0. The highest BCUT2D eigenvalue weighted by Gasteiger charge is 2.25. The predicted molar refractivity (Wildman–Crippen MR) is 143 cm³/mol. The number of benzene rings is 3. The number of hydrogen-bond acceptors (Lipinski definition) is 4. The van der Waals surface area contributed by atoms with E-state index < -0.39 is 16.4 Å². The first-order valence-electron chi connectivity index (χ1n) is 11.0. The normalized spacial score (nSPS) is 12.7. The number of hydrogen-bond donors (Lipinski definition) is 2. The quantitative estimate of drug-likeness (QED) is 0.308. The molecule has 3 aromatic carbocycles. The van der Waals surface area contributed by atoms with Crippen molar-refractivity contribution in [3.63, 3.8) is 0 Å². The van der Waals surface area contributed by atoms with Crippen LogP contribution in [0.5, 0.6) is 0 Å². The SMILES string of the molecule is Cc1cc(-c2ccc(CO)c(S(C)=O)c2)ccc1-n1cc(C(C)(C)O)nc1-c1c(Cl)cccc1Cl. The number of aryl methyl sites for hydroxylation is 1. The fraction of sp³-hybridized carbons (Fsp3) is 0.222. The van der Waals surface area contributed by atoms with Crippen molar-refractivity contribution in [2.24, 2.45) is 0 Å². The molecule has 1 aromatic heterocycles. The minimum Gasteiger partial charge on any atom is -0.392 e. The molecule has 8 heteroatoms. The minimum atomic E-state index is -1.22. The van der Waals surface area contributed by atoms with Gasteiger partial charge >= 0.3 is 0 Å². The van der Waals surface area contributed by atoms with Gasteiger partial charge in [0.05, 0.1) is 44.4 Å². The maximum atomic E-state index is 12.2. The summed E-state index contributed by atoms with van der Waals surface area (Å²) in [7, 11) is -1.22. The third-order valence-electron chi connectivity index (χ3n) is 5.86. The van der Waals surface area contributed by atoms with Gasteiger partial charge in [-0.3, -0.25) is 8.78 Å². The Morgan fingerprint density at radius 2 is 1.66 bits per heavy atom. The zero-order valence-electron chi connectivity index (χ0n) is 19.8. The van der Waals surface area contributed by atoms with Gasteiger partial charge in [0.15, 0.2) is 0 Å². The Morgan fingerprint density at radius 1 is 1.03 bits per heavy atom. The Morgan fingerprint density at radius 3 is 2.23 bits per heavy atom. The van der Waals surface area contributed by atoms with Crippen molar-refractivity contribution < 1.29 is 14.4 Å². The summed E-state index contributed by atoms with van der Waals surface area (Å²) in [6.45, 7) is 5.18. The molecule has 1 unspecified atom stereocenters. The van der Waals surface area contributed by atoms with Crippen LogP contribution in [0.1, 0.15) is 30.7 Å². The molecule has 0 fully saturated rings. The maximum absolute atomic E-state index is 12.2. The molecule has 4 aromatic rings. The molecule has 0 saturated carbocycles. The summed E-state index contributed by atoms with van der Waals surface area (Å²) >= 11 is 13.0. The van der Waals surface area contributed by atoms with Crippen LogP contribution >= 0.6 is 23.2 Å². The first kappa shape index (κ1) is 25.6. The maximum Gasteiger partial charge on any atom is 0.147 e. The molecule has 0 aliphatic carbocycles. The van der Waals surface area contributed by atoms with Gasteiger partial charge in [-0.15, -0.1) is 0 Å². The minimum absolute atomic E-state index is 0.162. The van der Waals surface area contributed by atoms with Gasteiger partial charge < -0.3 is 10.2 Å². The second-order valence-electron chi connectivity index (χ2n) is 8.91. The van der Waals surface area contributed by atoms with Crippen molar-refractivity contribution in [2.75, 3.05) is 6.26 Å².